The molecule has 5 aliphatic rings. The van der Waals surface area contributed by atoms with Gasteiger partial charge in [0.1, 0.15) is 5.58 Å². The van der Waals surface area contributed by atoms with E-state index in [1.807, 2.05) is 0 Å². The van der Waals surface area contributed by atoms with Crippen LogP contribution in [0.15, 0.2) is 192 Å². The van der Waals surface area contributed by atoms with Crippen LogP contribution in [-0.2, 0) is 37.9 Å². The van der Waals surface area contributed by atoms with E-state index >= 15 is 0 Å². The van der Waals surface area contributed by atoms with Gasteiger partial charge in [0, 0.05) is 45.1 Å². The van der Waals surface area contributed by atoms with E-state index in [0.717, 1.165) is 89.6 Å². The molecule has 0 radical (unpaired) electrons. The zero-order valence-electron chi connectivity index (χ0n) is 55.5. The average Bonchev–Trinajstić information content (AvgIpc) is 1.69. The third kappa shape index (κ3) is 9.12. The van der Waals surface area contributed by atoms with Gasteiger partial charge in [-0.1, -0.05) is 213 Å². The second-order valence-electron chi connectivity index (χ2n) is 32.1. The summed E-state index contributed by atoms with van der Waals surface area (Å²) in [5, 5.41) is 1.18. The Labute approximate surface area is 531 Å². The second-order valence-corrected chi connectivity index (χ2v) is 32.1. The van der Waals surface area contributed by atoms with Gasteiger partial charge < -0.3 is 19.1 Å². The molecule has 0 bridgehead atoms. The van der Waals surface area contributed by atoms with Crippen LogP contribution in [0, 0.1) is 0 Å². The highest BCUT2D eigenvalue weighted by Crippen LogP contribution is 2.57. The molecule has 0 spiro atoms. The molecule has 0 N–H and O–H groups in total. The van der Waals surface area contributed by atoms with Crippen molar-refractivity contribution in [1.82, 2.24) is 0 Å². The largest absolute Gasteiger partial charge is 0.468 e. The molecule has 0 unspecified atom stereocenters. The number of para-hydroxylation sites is 1. The number of rotatable bonds is 7. The molecule has 9 aromatic carbocycles. The molecule has 448 valence electrons. The van der Waals surface area contributed by atoms with Crippen LogP contribution in [-0.4, -0.2) is 6.71 Å². The van der Waals surface area contributed by atoms with Crippen molar-refractivity contribution in [1.29, 1.82) is 0 Å². The lowest BCUT2D eigenvalue weighted by molar-refractivity contribution is 0.332. The molecule has 0 amide bonds. The van der Waals surface area contributed by atoms with Crippen molar-refractivity contribution >= 4 is 85.5 Å². The van der Waals surface area contributed by atoms with E-state index in [1.165, 1.54) is 88.9 Å². The van der Waals surface area contributed by atoms with Crippen molar-refractivity contribution < 1.29 is 4.42 Å². The topological polar surface area (TPSA) is 22.9 Å². The van der Waals surface area contributed by atoms with Gasteiger partial charge in [0.05, 0.1) is 22.7 Å². The van der Waals surface area contributed by atoms with Gasteiger partial charge in [-0.2, -0.15) is 0 Å². The summed E-state index contributed by atoms with van der Waals surface area (Å²) in [6.07, 6.45) is 6.75. The van der Waals surface area contributed by atoms with Crippen molar-refractivity contribution in [3.05, 3.63) is 227 Å². The first kappa shape index (κ1) is 57.4. The first-order valence-electron chi connectivity index (χ1n) is 33.2. The Balaban J connectivity index is 1.12. The Morgan fingerprint density at radius 1 is 0.393 bits per heavy atom. The fraction of sp³-hybridized carbons (Fsp3) is 0.333. The molecule has 1 aromatic heterocycles. The van der Waals surface area contributed by atoms with Crippen molar-refractivity contribution in [2.24, 2.45) is 0 Å². The van der Waals surface area contributed by atoms with E-state index in [-0.39, 0.29) is 44.6 Å². The van der Waals surface area contributed by atoms with E-state index in [4.69, 9.17) is 4.42 Å². The summed E-state index contributed by atoms with van der Waals surface area (Å²) in [5.41, 5.74) is 29.3. The molecule has 0 saturated heterocycles. The molecule has 0 fully saturated rings. The van der Waals surface area contributed by atoms with Crippen LogP contribution < -0.4 is 31.3 Å². The summed E-state index contributed by atoms with van der Waals surface area (Å²) >= 11 is 0. The van der Waals surface area contributed by atoms with Crippen molar-refractivity contribution in [3.63, 3.8) is 0 Å². The molecule has 3 aliphatic carbocycles. The molecule has 3 heterocycles. The van der Waals surface area contributed by atoms with Crippen LogP contribution in [0.2, 0.25) is 0 Å². The number of fused-ring (bicyclic) bond motifs is 9. The zero-order valence-corrected chi connectivity index (χ0v) is 55.5. The number of anilines is 9. The highest BCUT2D eigenvalue weighted by molar-refractivity contribution is 7.00. The van der Waals surface area contributed by atoms with Crippen molar-refractivity contribution in [2.75, 3.05) is 14.7 Å². The molecule has 0 saturated carbocycles. The molecule has 15 rings (SSSR count). The number of nitrogens with zero attached hydrogens (tertiary/aromatic N) is 3. The predicted octanol–water partition coefficient (Wildman–Crippen LogP) is 21.7. The third-order valence-electron chi connectivity index (χ3n) is 22.4. The van der Waals surface area contributed by atoms with Crippen LogP contribution in [0.5, 0.6) is 0 Å². The summed E-state index contributed by atoms with van der Waals surface area (Å²) in [4.78, 5) is 7.90. The Bertz CT molecular complexity index is 4480. The lowest BCUT2D eigenvalue weighted by Crippen LogP contribution is -2.61. The summed E-state index contributed by atoms with van der Waals surface area (Å²) in [7, 11) is 0. The monoisotopic (exact) mass is 1170 g/mol. The highest BCUT2D eigenvalue weighted by Gasteiger charge is 2.51. The highest BCUT2D eigenvalue weighted by atomic mass is 16.3. The second kappa shape index (κ2) is 19.7. The Hall–Kier alpha value is -8.02. The fourth-order valence-corrected chi connectivity index (χ4v) is 16.5. The number of hydrogen-bond donors (Lipinski definition) is 0. The zero-order chi connectivity index (χ0) is 62.1. The smallest absolute Gasteiger partial charge is 0.297 e. The SMILES string of the molecule is CC(C)(C)c1ccc(N2c3cc4c(cc3B3c5oc6cc7c(cc6c5N(c5ccc6c(c5)C(C)(C)CCC6(C)C)c5cc(N(c6ccccc6)c6ccc(-c8ccccc8)cc6)cc2c53)C(C)(C)CCC7(C)C)C(C)(C)CCC4(C)C)c(-c2ccccc2)c1. The molecule has 2 aliphatic heterocycles. The molecular weight excluding hydrogens is 1080 g/mol. The van der Waals surface area contributed by atoms with Gasteiger partial charge in [0.25, 0.3) is 6.71 Å². The first-order chi connectivity index (χ1) is 42.2. The van der Waals surface area contributed by atoms with Crippen LogP contribution in [0.4, 0.5) is 51.2 Å². The number of furan rings is 1. The van der Waals surface area contributed by atoms with Gasteiger partial charge in [0.15, 0.2) is 0 Å². The van der Waals surface area contributed by atoms with Gasteiger partial charge in [-0.3, -0.25) is 0 Å². The maximum atomic E-state index is 7.98. The first-order valence-corrected chi connectivity index (χ1v) is 33.2. The molecule has 4 nitrogen and oxygen atoms in total. The minimum absolute atomic E-state index is 0.0114. The normalized spacial score (nSPS) is 18.5. The van der Waals surface area contributed by atoms with Gasteiger partial charge >= 0.3 is 0 Å². The van der Waals surface area contributed by atoms with Crippen LogP contribution in [0.1, 0.15) is 181 Å². The van der Waals surface area contributed by atoms with E-state index < -0.39 is 0 Å². The van der Waals surface area contributed by atoms with Crippen LogP contribution in [0.25, 0.3) is 33.2 Å². The summed E-state index contributed by atoms with van der Waals surface area (Å²) in [6, 6.07) is 72.7. The lowest BCUT2D eigenvalue weighted by Gasteiger charge is -2.47. The minimum Gasteiger partial charge on any atom is -0.468 e. The molecule has 89 heavy (non-hydrogen) atoms. The lowest BCUT2D eigenvalue weighted by atomic mass is 9.35. The quantitative estimate of drug-likeness (QED) is 0.148. The number of hydrogen-bond acceptors (Lipinski definition) is 4. The third-order valence-corrected chi connectivity index (χ3v) is 22.4. The summed E-state index contributed by atoms with van der Waals surface area (Å²) in [6.45, 7) is 36.4. The maximum absolute atomic E-state index is 7.98. The predicted molar refractivity (Wildman–Crippen MR) is 380 cm³/mol. The molecule has 10 aromatic rings. The fourth-order valence-electron chi connectivity index (χ4n) is 16.5. The maximum Gasteiger partial charge on any atom is 0.297 e. The standard InChI is InChI=1S/C84H88BN3O/c1-78(2,3)56-33-38-70(61(45-56)55-27-21-17-22-28-55)88-71-51-67-66(82(10,11)42-43-83(67,12)13)50-69(71)85-75-72(47-60(48-73(75)88)86(57-29-23-18-24-30-57)58-34-31-54(32-35-58)53-25-19-16-20-26-53)87(59-36-37-63-64(46-59)80(6,7)40-39-79(63,4)5)76-62-49-65-68(52-74(62)89-77(76)85)84(14,15)44-41-81(65,8)9/h16-38,45-52H,39-44H2,1-15H3. The summed E-state index contributed by atoms with van der Waals surface area (Å²) < 4.78 is 7.98. The average molecular weight is 1170 g/mol. The Morgan fingerprint density at radius 3 is 1.46 bits per heavy atom. The minimum atomic E-state index is -0.250. The summed E-state index contributed by atoms with van der Waals surface area (Å²) in [5.74, 6) is 0. The Kier molecular flexibility index (Phi) is 12.7. The van der Waals surface area contributed by atoms with Gasteiger partial charge in [0.2, 0.25) is 0 Å². The van der Waals surface area contributed by atoms with Gasteiger partial charge in [-0.25, -0.2) is 0 Å². The molecule has 5 heteroatoms. The number of benzene rings is 9. The molecular formula is C84H88BN3O. The Morgan fingerprint density at radius 2 is 0.876 bits per heavy atom. The van der Waals surface area contributed by atoms with E-state index in [9.17, 15) is 0 Å². The van der Waals surface area contributed by atoms with Crippen molar-refractivity contribution in [3.8, 4) is 22.3 Å². The van der Waals surface area contributed by atoms with Crippen LogP contribution in [0.3, 0.4) is 0 Å². The van der Waals surface area contributed by atoms with Gasteiger partial charge in [-0.05, 0) is 222 Å². The van der Waals surface area contributed by atoms with E-state index in [2.05, 4.69) is 307 Å². The molecule has 0 atom stereocenters. The van der Waals surface area contributed by atoms with Crippen molar-refractivity contribution in [2.45, 2.75) is 180 Å². The van der Waals surface area contributed by atoms with E-state index in [1.54, 1.807) is 0 Å². The van der Waals surface area contributed by atoms with Crippen LogP contribution >= 0.6 is 0 Å². The van der Waals surface area contributed by atoms with E-state index in [0.29, 0.717) is 0 Å². The van der Waals surface area contributed by atoms with Gasteiger partial charge in [-0.15, -0.1) is 0 Å².